The molecule has 0 aromatic carbocycles. The fraction of sp³-hybridized carbons (Fsp3) is 0.680. The van der Waals surface area contributed by atoms with Gasteiger partial charge < -0.3 is 16.0 Å². The highest BCUT2D eigenvalue weighted by atomic mass is 19.4. The van der Waals surface area contributed by atoms with Crippen LogP contribution in [-0.2, 0) is 15.8 Å². The Labute approximate surface area is 208 Å². The average molecular weight is 510 g/mol. The fourth-order valence-corrected chi connectivity index (χ4v) is 6.66. The highest BCUT2D eigenvalue weighted by Gasteiger charge is 2.56. The first-order valence-electron chi connectivity index (χ1n) is 12.5. The summed E-state index contributed by atoms with van der Waals surface area (Å²) in [7, 11) is 0. The number of rotatable bonds is 7. The maximum absolute atomic E-state index is 14.0. The lowest BCUT2D eigenvalue weighted by Crippen LogP contribution is -2.66. The Kier molecular flexibility index (Phi) is 6.72. The summed E-state index contributed by atoms with van der Waals surface area (Å²) in [6.45, 7) is 6.81. The molecule has 4 aliphatic carbocycles. The van der Waals surface area contributed by atoms with E-state index in [1.807, 2.05) is 0 Å². The lowest BCUT2D eigenvalue weighted by atomic mass is 9.51. The predicted octanol–water partition coefficient (Wildman–Crippen LogP) is 3.35. The monoisotopic (exact) mass is 509 g/mol. The first-order valence-corrected chi connectivity index (χ1v) is 12.5. The number of nitrogens with one attached hydrogen (secondary N) is 3. The molecule has 4 fully saturated rings. The molecule has 36 heavy (non-hydrogen) atoms. The quantitative estimate of drug-likeness (QED) is 0.524. The molecule has 3 amide bonds. The Morgan fingerprint density at radius 2 is 1.81 bits per heavy atom. The smallest absolute Gasteiger partial charge is 0.356 e. The minimum absolute atomic E-state index is 0.0804. The molecule has 2 unspecified atom stereocenters. The summed E-state index contributed by atoms with van der Waals surface area (Å²) in [5.41, 5.74) is -3.07. The molecule has 1 aromatic heterocycles. The van der Waals surface area contributed by atoms with E-state index in [9.17, 15) is 27.6 Å². The third-order valence-corrected chi connectivity index (χ3v) is 7.88. The number of aromatic nitrogens is 2. The third kappa shape index (κ3) is 5.01. The van der Waals surface area contributed by atoms with Gasteiger partial charge in [0.15, 0.2) is 5.69 Å². The molecule has 1 aromatic rings. The standard InChI is InChI=1S/C25H34F3N5O3/c1-5-29-22(36)23(3,4)6-7-33-20(25(26,27)28)18(13-30-33)21(35)31-19-16-8-15-9-17(19)12-24(10-15,11-16)32-14(2)34/h6-7,13,15-17,19H,5,8-12H2,1-4H3,(H,29,36)(H,31,35)(H,32,34)/b7-6+. The minimum atomic E-state index is -4.83. The fourth-order valence-electron chi connectivity index (χ4n) is 6.66. The Bertz CT molecular complexity index is 1060. The maximum Gasteiger partial charge on any atom is 0.434 e. The van der Waals surface area contributed by atoms with E-state index in [1.165, 1.54) is 13.0 Å². The van der Waals surface area contributed by atoms with E-state index in [2.05, 4.69) is 21.0 Å². The molecular weight excluding hydrogens is 475 g/mol. The average Bonchev–Trinajstić information content (AvgIpc) is 3.18. The van der Waals surface area contributed by atoms with E-state index in [1.54, 1.807) is 20.8 Å². The zero-order chi connectivity index (χ0) is 26.5. The molecule has 4 bridgehead atoms. The van der Waals surface area contributed by atoms with Crippen molar-refractivity contribution in [2.45, 2.75) is 77.6 Å². The van der Waals surface area contributed by atoms with Crippen LogP contribution in [0.1, 0.15) is 75.9 Å². The van der Waals surface area contributed by atoms with Gasteiger partial charge in [-0.15, -0.1) is 0 Å². The van der Waals surface area contributed by atoms with Crippen molar-refractivity contribution in [2.75, 3.05) is 6.54 Å². The number of carbonyl (C=O) groups is 3. The highest BCUT2D eigenvalue weighted by Crippen LogP contribution is 2.55. The topological polar surface area (TPSA) is 105 Å². The van der Waals surface area contributed by atoms with E-state index in [-0.39, 0.29) is 35.2 Å². The number of carbonyl (C=O) groups excluding carboxylic acids is 3. The number of halogens is 3. The van der Waals surface area contributed by atoms with Crippen LogP contribution in [0.3, 0.4) is 0 Å². The normalized spacial score (nSPS) is 29.4. The first-order chi connectivity index (χ1) is 16.7. The Balaban J connectivity index is 1.55. The van der Waals surface area contributed by atoms with Gasteiger partial charge in [-0.25, -0.2) is 4.68 Å². The summed E-state index contributed by atoms with van der Waals surface area (Å²) in [5, 5.41) is 12.5. The number of nitrogens with zero attached hydrogens (tertiary/aromatic N) is 2. The van der Waals surface area contributed by atoms with Crippen LogP contribution >= 0.6 is 0 Å². The van der Waals surface area contributed by atoms with E-state index in [0.29, 0.717) is 30.0 Å². The number of amides is 3. The Morgan fingerprint density at radius 1 is 1.17 bits per heavy atom. The van der Waals surface area contributed by atoms with Crippen LogP contribution in [0, 0.1) is 23.2 Å². The summed E-state index contributed by atoms with van der Waals surface area (Å²) in [4.78, 5) is 37.1. The SMILES string of the molecule is CCNC(=O)C(C)(C)/C=C/n1ncc(C(=O)NC2C3CC4CC2CC(NC(C)=O)(C4)C3)c1C(F)(F)F. The van der Waals surface area contributed by atoms with Gasteiger partial charge in [0.25, 0.3) is 5.91 Å². The molecule has 198 valence electrons. The van der Waals surface area contributed by atoms with Crippen molar-refractivity contribution in [3.05, 3.63) is 23.5 Å². The second-order valence-corrected chi connectivity index (χ2v) is 11.2. The number of alkyl halides is 3. The van der Waals surface area contributed by atoms with Crippen molar-refractivity contribution in [3.8, 4) is 0 Å². The lowest BCUT2D eigenvalue weighted by Gasteiger charge is -2.60. The molecule has 3 N–H and O–H groups in total. The summed E-state index contributed by atoms with van der Waals surface area (Å²) in [6, 6.07) is -0.243. The van der Waals surface area contributed by atoms with Gasteiger partial charge in [-0.05, 0) is 70.6 Å². The molecule has 8 nitrogen and oxygen atoms in total. The van der Waals surface area contributed by atoms with E-state index < -0.39 is 28.8 Å². The van der Waals surface area contributed by atoms with Crippen molar-refractivity contribution < 1.29 is 27.6 Å². The van der Waals surface area contributed by atoms with E-state index in [0.717, 1.165) is 31.7 Å². The van der Waals surface area contributed by atoms with E-state index >= 15 is 0 Å². The van der Waals surface area contributed by atoms with Gasteiger partial charge >= 0.3 is 6.18 Å². The predicted molar refractivity (Wildman–Crippen MR) is 126 cm³/mol. The Morgan fingerprint density at radius 3 is 2.36 bits per heavy atom. The van der Waals surface area contributed by atoms with Crippen LogP contribution < -0.4 is 16.0 Å². The molecule has 11 heteroatoms. The van der Waals surface area contributed by atoms with Crippen LogP contribution in [0.5, 0.6) is 0 Å². The van der Waals surface area contributed by atoms with Crippen molar-refractivity contribution in [3.63, 3.8) is 0 Å². The van der Waals surface area contributed by atoms with Gasteiger partial charge in [0, 0.05) is 31.2 Å². The van der Waals surface area contributed by atoms with Crippen molar-refractivity contribution in [1.82, 2.24) is 25.7 Å². The molecule has 1 heterocycles. The molecule has 4 aliphatic rings. The molecule has 0 spiro atoms. The van der Waals surface area contributed by atoms with E-state index in [4.69, 9.17) is 0 Å². The zero-order valence-electron chi connectivity index (χ0n) is 21.0. The van der Waals surface area contributed by atoms with Crippen LogP contribution in [0.2, 0.25) is 0 Å². The second-order valence-electron chi connectivity index (χ2n) is 11.2. The summed E-state index contributed by atoms with van der Waals surface area (Å²) in [5.74, 6) is -0.559. The maximum atomic E-state index is 14.0. The molecular formula is C25H34F3N5O3. The summed E-state index contributed by atoms with van der Waals surface area (Å²) >= 11 is 0. The highest BCUT2D eigenvalue weighted by molar-refractivity contribution is 5.95. The number of hydrogen-bond donors (Lipinski definition) is 3. The molecule has 0 radical (unpaired) electrons. The minimum Gasteiger partial charge on any atom is -0.356 e. The summed E-state index contributed by atoms with van der Waals surface area (Å²) < 4.78 is 42.7. The largest absolute Gasteiger partial charge is 0.434 e. The first kappa shape index (κ1) is 26.2. The van der Waals surface area contributed by atoms with Crippen molar-refractivity contribution >= 4 is 23.9 Å². The molecule has 4 saturated carbocycles. The van der Waals surface area contributed by atoms with Gasteiger partial charge in [0.2, 0.25) is 11.8 Å². The molecule has 0 aliphatic heterocycles. The van der Waals surface area contributed by atoms with Gasteiger partial charge in [0.1, 0.15) is 0 Å². The second kappa shape index (κ2) is 9.23. The van der Waals surface area contributed by atoms with Gasteiger partial charge in [-0.3, -0.25) is 14.4 Å². The molecule has 5 rings (SSSR count). The number of hydrogen-bond acceptors (Lipinski definition) is 4. The van der Waals surface area contributed by atoms with Crippen molar-refractivity contribution in [1.29, 1.82) is 0 Å². The zero-order valence-corrected chi connectivity index (χ0v) is 21.0. The van der Waals surface area contributed by atoms with Gasteiger partial charge in [-0.1, -0.05) is 6.08 Å². The Hall–Kier alpha value is -2.85. The van der Waals surface area contributed by atoms with Crippen LogP contribution in [0.4, 0.5) is 13.2 Å². The van der Waals surface area contributed by atoms with Crippen LogP contribution in [0.25, 0.3) is 6.20 Å². The van der Waals surface area contributed by atoms with Gasteiger partial charge in [0.05, 0.1) is 17.2 Å². The third-order valence-electron chi connectivity index (χ3n) is 7.88. The van der Waals surface area contributed by atoms with Crippen molar-refractivity contribution in [2.24, 2.45) is 23.2 Å². The summed E-state index contributed by atoms with van der Waals surface area (Å²) in [6.07, 6.45) is 2.65. The molecule has 0 saturated heterocycles. The van der Waals surface area contributed by atoms with Crippen LogP contribution in [0.15, 0.2) is 12.3 Å². The molecule has 2 atom stereocenters. The lowest BCUT2D eigenvalue weighted by molar-refractivity contribution is -0.142. The van der Waals surface area contributed by atoms with Gasteiger partial charge in [-0.2, -0.15) is 18.3 Å². The van der Waals surface area contributed by atoms with Crippen LogP contribution in [-0.4, -0.2) is 45.6 Å².